The normalized spacial score (nSPS) is 18.7. The summed E-state index contributed by atoms with van der Waals surface area (Å²) < 4.78 is 0. The van der Waals surface area contributed by atoms with Gasteiger partial charge >= 0.3 is 5.97 Å². The smallest absolute Gasteiger partial charge is 0.326 e. The summed E-state index contributed by atoms with van der Waals surface area (Å²) in [6.45, 7) is 2.17. The number of aliphatic carboxylic acids is 1. The van der Waals surface area contributed by atoms with Crippen LogP contribution in [-0.2, 0) is 24.0 Å². The largest absolute Gasteiger partial charge is 0.480 e. The third-order valence-corrected chi connectivity index (χ3v) is 5.17. The Labute approximate surface area is 181 Å². The van der Waals surface area contributed by atoms with Crippen molar-refractivity contribution in [1.29, 1.82) is 0 Å². The summed E-state index contributed by atoms with van der Waals surface area (Å²) in [4.78, 5) is 61.4. The minimum absolute atomic E-state index is 0.0813. The molecule has 0 spiro atoms. The number of hydrogen-bond acceptors (Lipinski definition) is 7. The van der Waals surface area contributed by atoms with E-state index in [0.29, 0.717) is 32.2 Å². The van der Waals surface area contributed by atoms with Gasteiger partial charge < -0.3 is 37.8 Å². The molecule has 0 aliphatic carbocycles. The zero-order valence-electron chi connectivity index (χ0n) is 17.8. The fourth-order valence-corrected chi connectivity index (χ4v) is 3.35. The maximum atomic E-state index is 12.9. The van der Waals surface area contributed by atoms with E-state index in [-0.39, 0.29) is 19.4 Å². The molecule has 1 heterocycles. The number of nitrogens with two attached hydrogens (primary N) is 3. The Morgan fingerprint density at radius 2 is 1.77 bits per heavy atom. The van der Waals surface area contributed by atoms with Crippen LogP contribution in [0.15, 0.2) is 0 Å². The lowest BCUT2D eigenvalue weighted by Crippen LogP contribution is -2.56. The van der Waals surface area contributed by atoms with E-state index in [1.165, 1.54) is 11.8 Å². The van der Waals surface area contributed by atoms with Crippen LogP contribution < -0.4 is 27.8 Å². The van der Waals surface area contributed by atoms with Crippen molar-refractivity contribution in [2.24, 2.45) is 17.2 Å². The molecule has 4 unspecified atom stereocenters. The van der Waals surface area contributed by atoms with Gasteiger partial charge in [-0.1, -0.05) is 6.42 Å². The zero-order chi connectivity index (χ0) is 23.6. The number of carbonyl (C=O) groups is 5. The summed E-state index contributed by atoms with van der Waals surface area (Å²) in [6, 6.07) is -3.91. The highest BCUT2D eigenvalue weighted by Crippen LogP contribution is 2.19. The van der Waals surface area contributed by atoms with Crippen LogP contribution in [0.1, 0.15) is 51.9 Å². The summed E-state index contributed by atoms with van der Waals surface area (Å²) in [6.07, 6.45) is 2.41. The van der Waals surface area contributed by atoms with Crippen molar-refractivity contribution in [2.45, 2.75) is 76.0 Å². The van der Waals surface area contributed by atoms with E-state index in [4.69, 9.17) is 17.2 Å². The number of nitrogens with zero attached hydrogens (tertiary/aromatic N) is 1. The number of primary amides is 1. The lowest BCUT2D eigenvalue weighted by atomic mass is 10.1. The van der Waals surface area contributed by atoms with E-state index in [2.05, 4.69) is 10.6 Å². The van der Waals surface area contributed by atoms with Crippen LogP contribution in [0, 0.1) is 0 Å². The van der Waals surface area contributed by atoms with Crippen molar-refractivity contribution in [2.75, 3.05) is 13.1 Å². The predicted molar refractivity (Wildman–Crippen MR) is 111 cm³/mol. The molecular formula is C19H34N6O6. The molecule has 0 radical (unpaired) electrons. The van der Waals surface area contributed by atoms with Crippen LogP contribution >= 0.6 is 0 Å². The minimum atomic E-state index is -1.14. The summed E-state index contributed by atoms with van der Waals surface area (Å²) in [7, 11) is 0. The van der Waals surface area contributed by atoms with Gasteiger partial charge in [-0.3, -0.25) is 19.2 Å². The molecule has 0 saturated carbocycles. The van der Waals surface area contributed by atoms with E-state index in [1.807, 2.05) is 0 Å². The number of hydrogen-bond donors (Lipinski definition) is 6. The molecular weight excluding hydrogens is 408 g/mol. The first-order valence-corrected chi connectivity index (χ1v) is 10.5. The Balaban J connectivity index is 2.76. The second-order valence-corrected chi connectivity index (χ2v) is 7.72. The first-order chi connectivity index (χ1) is 14.6. The minimum Gasteiger partial charge on any atom is -0.480 e. The molecule has 12 heteroatoms. The van der Waals surface area contributed by atoms with Gasteiger partial charge in [0.2, 0.25) is 23.6 Å². The summed E-state index contributed by atoms with van der Waals surface area (Å²) in [5.41, 5.74) is 16.4. The third kappa shape index (κ3) is 8.50. The molecule has 0 bridgehead atoms. The van der Waals surface area contributed by atoms with Gasteiger partial charge in [-0.25, -0.2) is 4.79 Å². The first-order valence-electron chi connectivity index (χ1n) is 10.5. The van der Waals surface area contributed by atoms with E-state index in [9.17, 15) is 29.1 Å². The van der Waals surface area contributed by atoms with Crippen LogP contribution in [-0.4, -0.2) is 76.9 Å². The highest BCUT2D eigenvalue weighted by Gasteiger charge is 2.38. The van der Waals surface area contributed by atoms with Gasteiger partial charge in [-0.05, 0) is 45.6 Å². The quantitative estimate of drug-likeness (QED) is 0.171. The van der Waals surface area contributed by atoms with Crippen molar-refractivity contribution in [3.05, 3.63) is 0 Å². The number of amides is 4. The molecule has 0 aromatic rings. The number of nitrogens with one attached hydrogen (secondary N) is 2. The van der Waals surface area contributed by atoms with Gasteiger partial charge in [0, 0.05) is 13.0 Å². The van der Waals surface area contributed by atoms with Crippen molar-refractivity contribution < 1.29 is 29.1 Å². The SMILES string of the molecule is CC(NC(=O)C(N)CCCCN)C(=O)NC(CCC(N)=O)C(=O)N1CCCC1C(=O)O. The molecule has 4 amide bonds. The van der Waals surface area contributed by atoms with Gasteiger partial charge in [-0.2, -0.15) is 0 Å². The zero-order valence-corrected chi connectivity index (χ0v) is 17.8. The van der Waals surface area contributed by atoms with Gasteiger partial charge in [0.25, 0.3) is 0 Å². The lowest BCUT2D eigenvalue weighted by molar-refractivity contribution is -0.149. The van der Waals surface area contributed by atoms with E-state index in [0.717, 1.165) is 6.42 Å². The molecule has 1 aliphatic rings. The predicted octanol–water partition coefficient (Wildman–Crippen LogP) is -2.23. The second-order valence-electron chi connectivity index (χ2n) is 7.72. The maximum absolute atomic E-state index is 12.9. The number of carbonyl (C=O) groups excluding carboxylic acids is 4. The monoisotopic (exact) mass is 442 g/mol. The standard InChI is InChI=1S/C19H34N6O6/c1-11(23-17(28)12(21)5-2-3-9-20)16(27)24-13(7-8-15(22)26)18(29)25-10-4-6-14(25)19(30)31/h11-14H,2-10,20-21H2,1H3,(H2,22,26)(H,23,28)(H,24,27)(H,30,31). The Morgan fingerprint density at radius 1 is 1.10 bits per heavy atom. The summed E-state index contributed by atoms with van der Waals surface area (Å²) in [5, 5.41) is 14.3. The number of rotatable bonds is 13. The summed E-state index contributed by atoms with van der Waals surface area (Å²) in [5.74, 6) is -3.55. The Morgan fingerprint density at radius 3 is 2.35 bits per heavy atom. The lowest BCUT2D eigenvalue weighted by Gasteiger charge is -2.28. The number of likely N-dealkylation sites (tertiary alicyclic amines) is 1. The Bertz CT molecular complexity index is 672. The molecule has 1 rings (SSSR count). The second kappa shape index (κ2) is 12.8. The van der Waals surface area contributed by atoms with Gasteiger partial charge in [0.15, 0.2) is 0 Å². The Kier molecular flexibility index (Phi) is 10.9. The van der Waals surface area contributed by atoms with Gasteiger partial charge in [-0.15, -0.1) is 0 Å². The van der Waals surface area contributed by atoms with E-state index in [1.54, 1.807) is 0 Å². The topological polar surface area (TPSA) is 211 Å². The molecule has 1 saturated heterocycles. The molecule has 4 atom stereocenters. The summed E-state index contributed by atoms with van der Waals surface area (Å²) >= 11 is 0. The molecule has 31 heavy (non-hydrogen) atoms. The molecule has 1 aliphatic heterocycles. The van der Waals surface area contributed by atoms with Gasteiger partial charge in [0.05, 0.1) is 6.04 Å². The van der Waals surface area contributed by atoms with Crippen molar-refractivity contribution in [3.8, 4) is 0 Å². The fourth-order valence-electron chi connectivity index (χ4n) is 3.35. The van der Waals surface area contributed by atoms with Crippen LogP contribution in [0.3, 0.4) is 0 Å². The molecule has 176 valence electrons. The molecule has 0 aromatic heterocycles. The average molecular weight is 443 g/mol. The molecule has 12 nitrogen and oxygen atoms in total. The van der Waals surface area contributed by atoms with Crippen LogP contribution in [0.4, 0.5) is 0 Å². The highest BCUT2D eigenvalue weighted by atomic mass is 16.4. The molecule has 0 aromatic carbocycles. The van der Waals surface area contributed by atoms with E-state index >= 15 is 0 Å². The maximum Gasteiger partial charge on any atom is 0.326 e. The fraction of sp³-hybridized carbons (Fsp3) is 0.737. The van der Waals surface area contributed by atoms with Crippen molar-refractivity contribution >= 4 is 29.6 Å². The van der Waals surface area contributed by atoms with Crippen molar-refractivity contribution in [1.82, 2.24) is 15.5 Å². The number of unbranched alkanes of at least 4 members (excludes halogenated alkanes) is 1. The number of carboxylic acid groups (broad SMARTS) is 1. The average Bonchev–Trinajstić information content (AvgIpc) is 3.20. The van der Waals surface area contributed by atoms with Crippen LogP contribution in [0.2, 0.25) is 0 Å². The third-order valence-electron chi connectivity index (χ3n) is 5.17. The Hall–Kier alpha value is -2.73. The first kappa shape index (κ1) is 26.3. The number of carboxylic acids is 1. The van der Waals surface area contributed by atoms with Gasteiger partial charge in [0.1, 0.15) is 18.1 Å². The van der Waals surface area contributed by atoms with Crippen molar-refractivity contribution in [3.63, 3.8) is 0 Å². The van der Waals surface area contributed by atoms with Crippen LogP contribution in [0.5, 0.6) is 0 Å². The molecule has 9 N–H and O–H groups in total. The highest BCUT2D eigenvalue weighted by molar-refractivity contribution is 5.94. The van der Waals surface area contributed by atoms with Crippen LogP contribution in [0.25, 0.3) is 0 Å². The molecule has 1 fully saturated rings. The van der Waals surface area contributed by atoms with E-state index < -0.39 is 53.8 Å².